The fraction of sp³-hybridized carbons (Fsp3) is 0.667. The first-order chi connectivity index (χ1) is 4.19. The molecule has 0 bridgehead atoms. The highest BCUT2D eigenvalue weighted by atomic mass is 35.5. The van der Waals surface area contributed by atoms with Gasteiger partial charge in [0, 0.05) is 13.2 Å². The fourth-order valence-electron chi connectivity index (χ4n) is 0. The minimum atomic E-state index is -2.98. The number of rotatable bonds is 1. The fourth-order valence-corrected chi connectivity index (χ4v) is 0. The summed E-state index contributed by atoms with van der Waals surface area (Å²) in [5.41, 5.74) is 0. The first kappa shape index (κ1) is 0.969. The smallest absolute Gasteiger partial charge is 0.221 e. The summed E-state index contributed by atoms with van der Waals surface area (Å²) >= 11 is 4.68. The zero-order valence-electron chi connectivity index (χ0n) is 7.29. The maximum absolute atomic E-state index is 10.1. The molecule has 0 aliphatic heterocycles. The molecule has 0 aliphatic rings. The van der Waals surface area contributed by atoms with Crippen molar-refractivity contribution in [3.05, 3.63) is 0 Å². The van der Waals surface area contributed by atoms with E-state index in [1.807, 2.05) is 0 Å². The van der Waals surface area contributed by atoms with Crippen LogP contribution in [0.3, 0.4) is 0 Å². The Bertz CT molecular complexity index is 149. The van der Waals surface area contributed by atoms with Gasteiger partial charge >= 0.3 is 0 Å². The van der Waals surface area contributed by atoms with E-state index in [1.54, 1.807) is 0 Å². The molecule has 0 saturated carbocycles. The second-order valence-corrected chi connectivity index (χ2v) is 0.742. The molecule has 0 aliphatic carbocycles. The Labute approximate surface area is 43.0 Å². The zero-order chi connectivity index (χ0) is 8.58. The highest BCUT2D eigenvalue weighted by Crippen LogP contribution is 1.81. The molecular weight excluding hydrogens is 87.5 g/mol. The van der Waals surface area contributed by atoms with E-state index in [0.29, 0.717) is 0 Å². The molecule has 30 valence electrons. The van der Waals surface area contributed by atoms with Crippen LogP contribution in [0.15, 0.2) is 0 Å². The molecule has 0 aromatic heterocycles. The predicted octanol–water partition coefficient (Wildman–Crippen LogP) is 1.16. The van der Waals surface area contributed by atoms with Crippen LogP contribution in [0, 0.1) is 0 Å². The molecule has 0 fully saturated rings. The van der Waals surface area contributed by atoms with Gasteiger partial charge in [0.2, 0.25) is 5.24 Å². The van der Waals surface area contributed by atoms with Crippen LogP contribution in [0.2, 0.25) is 0 Å². The highest BCUT2D eigenvalue weighted by Gasteiger charge is 1.81. The first-order valence-corrected chi connectivity index (χ1v) is 1.27. The summed E-state index contributed by atoms with van der Waals surface area (Å²) in [7, 11) is 0. The van der Waals surface area contributed by atoms with Gasteiger partial charge in [-0.25, -0.2) is 0 Å². The molecule has 0 aromatic carbocycles. The maximum atomic E-state index is 10.1. The van der Waals surface area contributed by atoms with Crippen LogP contribution in [0.1, 0.15) is 20.1 Å². The van der Waals surface area contributed by atoms with Gasteiger partial charge in [-0.2, -0.15) is 0 Å². The van der Waals surface area contributed by atoms with E-state index in [-0.39, 0.29) is 0 Å². The van der Waals surface area contributed by atoms with Crippen LogP contribution in [0.25, 0.3) is 0 Å². The molecule has 0 spiro atoms. The Balaban J connectivity index is 4.57. The quantitative estimate of drug-likeness (QED) is 0.449. The van der Waals surface area contributed by atoms with Crippen molar-refractivity contribution in [1.29, 1.82) is 0 Å². The van der Waals surface area contributed by atoms with Crippen LogP contribution in [0.5, 0.6) is 0 Å². The van der Waals surface area contributed by atoms with Crippen molar-refractivity contribution in [1.82, 2.24) is 0 Å². The van der Waals surface area contributed by atoms with Crippen LogP contribution in [0.4, 0.5) is 0 Å². The topological polar surface area (TPSA) is 17.1 Å². The lowest BCUT2D eigenvalue weighted by atomic mass is 10.6. The second-order valence-electron chi connectivity index (χ2n) is 0.399. The second kappa shape index (κ2) is 2.21. The number of carbonyl (C=O) groups excluding carboxylic acids is 1. The third-order valence-corrected chi connectivity index (χ3v) is 0.193. The summed E-state index contributed by atoms with van der Waals surface area (Å²) in [6.07, 6.45) is -2.94. The molecule has 1 nitrogen and oxygen atoms in total. The number of hydrogen-bond donors (Lipinski definition) is 0. The van der Waals surface area contributed by atoms with E-state index in [2.05, 4.69) is 11.6 Å². The Hall–Kier alpha value is -0.0400. The Morgan fingerprint density at radius 2 is 3.20 bits per heavy atom. The van der Waals surface area contributed by atoms with Crippen LogP contribution < -0.4 is 0 Å². The first-order valence-electron chi connectivity index (χ1n) is 3.39. The predicted molar refractivity (Wildman–Crippen MR) is 21.2 cm³/mol. The van der Waals surface area contributed by atoms with Crippen molar-refractivity contribution in [3.8, 4) is 0 Å². The molecule has 2 heteroatoms. The third kappa shape index (κ3) is 3.96. The monoisotopic (exact) mass is 97.0 g/mol. The summed E-state index contributed by atoms with van der Waals surface area (Å²) in [5.74, 6) is 0. The lowest BCUT2D eigenvalue weighted by molar-refractivity contribution is -0.111. The van der Waals surface area contributed by atoms with E-state index >= 15 is 0 Å². The molecule has 5 heavy (non-hydrogen) atoms. The minimum absolute atomic E-state index is 1.49. The van der Waals surface area contributed by atoms with Gasteiger partial charge in [0.25, 0.3) is 0 Å². The Kier molecular flexibility index (Phi) is 0.429. The lowest BCUT2D eigenvalue weighted by Gasteiger charge is -1.68. The van der Waals surface area contributed by atoms with Crippen molar-refractivity contribution >= 4 is 16.8 Å². The number of hydrogen-bond acceptors (Lipinski definition) is 1. The van der Waals surface area contributed by atoms with Gasteiger partial charge in [-0.05, 0) is 11.6 Å². The van der Waals surface area contributed by atoms with Crippen molar-refractivity contribution in [2.45, 2.75) is 13.2 Å². The largest absolute Gasteiger partial charge is 0.281 e. The molecule has 0 heterocycles. The molecular formula is C3H5ClO. The summed E-state index contributed by atoms with van der Waals surface area (Å²) < 4.78 is 32.9. The van der Waals surface area contributed by atoms with Gasteiger partial charge in [-0.1, -0.05) is 6.85 Å². The van der Waals surface area contributed by atoms with E-state index in [9.17, 15) is 4.79 Å². The average molecular weight is 97.6 g/mol. The molecule has 0 aromatic rings. The molecule has 0 rings (SSSR count). The molecule has 0 amide bonds. The van der Waals surface area contributed by atoms with Crippen LogP contribution in [-0.2, 0) is 4.79 Å². The van der Waals surface area contributed by atoms with E-state index in [4.69, 9.17) is 6.85 Å². The SMILES string of the molecule is [2H]C([2H])([2H])C([2H])([2H])C(=O)Cl. The van der Waals surface area contributed by atoms with Gasteiger partial charge in [0.1, 0.15) is 0 Å². The highest BCUT2D eigenvalue weighted by molar-refractivity contribution is 6.63. The van der Waals surface area contributed by atoms with E-state index < -0.39 is 18.5 Å². The van der Waals surface area contributed by atoms with Crippen LogP contribution in [-0.4, -0.2) is 5.24 Å². The molecule has 0 unspecified atom stereocenters. The van der Waals surface area contributed by atoms with Gasteiger partial charge in [-0.15, -0.1) is 0 Å². The Morgan fingerprint density at radius 1 is 2.60 bits per heavy atom. The third-order valence-electron chi connectivity index (χ3n) is 0.0983. The standard InChI is InChI=1S/C3H5ClO/c1-2-3(4)5/h2H2,1H3/i1D3,2D2. The van der Waals surface area contributed by atoms with E-state index in [1.165, 1.54) is 0 Å². The normalized spacial score (nSPS) is 27.8. The van der Waals surface area contributed by atoms with Gasteiger partial charge < -0.3 is 0 Å². The molecule has 0 N–H and O–H groups in total. The van der Waals surface area contributed by atoms with Gasteiger partial charge in [-0.3, -0.25) is 4.79 Å². The number of carbonyl (C=O) groups is 1. The van der Waals surface area contributed by atoms with Gasteiger partial charge in [0.15, 0.2) is 0 Å². The summed E-state index contributed by atoms with van der Waals surface area (Å²) in [6.45, 7) is -2.98. The van der Waals surface area contributed by atoms with Crippen molar-refractivity contribution in [3.63, 3.8) is 0 Å². The summed E-state index contributed by atoms with van der Waals surface area (Å²) in [6, 6.07) is 0. The lowest BCUT2D eigenvalue weighted by Crippen LogP contribution is -1.74. The van der Waals surface area contributed by atoms with Crippen molar-refractivity contribution in [2.75, 3.05) is 0 Å². The molecule has 0 saturated heterocycles. The zero-order valence-corrected chi connectivity index (χ0v) is 3.04. The number of halogens is 1. The maximum Gasteiger partial charge on any atom is 0.221 e. The molecule has 0 atom stereocenters. The molecule has 0 radical (unpaired) electrons. The van der Waals surface area contributed by atoms with Gasteiger partial charge in [0.05, 0.1) is 0 Å². The van der Waals surface area contributed by atoms with E-state index in [0.717, 1.165) is 0 Å². The summed E-state index contributed by atoms with van der Waals surface area (Å²) in [4.78, 5) is 10.1. The summed E-state index contributed by atoms with van der Waals surface area (Å²) in [5, 5.41) is -1.49. The minimum Gasteiger partial charge on any atom is -0.281 e. The van der Waals surface area contributed by atoms with Crippen LogP contribution >= 0.6 is 11.6 Å². The van der Waals surface area contributed by atoms with Crippen molar-refractivity contribution < 1.29 is 11.6 Å². The average Bonchev–Trinajstić information content (AvgIpc) is 1.62. The van der Waals surface area contributed by atoms with Crippen molar-refractivity contribution in [2.24, 2.45) is 0 Å². The Morgan fingerprint density at radius 3 is 3.20 bits per heavy atom.